The van der Waals surface area contributed by atoms with Gasteiger partial charge in [-0.15, -0.1) is 11.6 Å². The van der Waals surface area contributed by atoms with Gasteiger partial charge in [0.1, 0.15) is 0 Å². The zero-order chi connectivity index (χ0) is 12.1. The minimum Gasteiger partial charge on any atom is -0.348 e. The molecule has 5 nitrogen and oxygen atoms in total. The second kappa shape index (κ2) is 5.46. The number of benzene rings is 1. The Labute approximate surface area is 97.6 Å². The van der Waals surface area contributed by atoms with Gasteiger partial charge in [-0.05, 0) is 5.56 Å². The molecule has 0 bridgehead atoms. The van der Waals surface area contributed by atoms with E-state index in [1.54, 1.807) is 12.1 Å². The van der Waals surface area contributed by atoms with Gasteiger partial charge < -0.3 is 5.32 Å². The van der Waals surface area contributed by atoms with Gasteiger partial charge in [-0.1, -0.05) is 12.1 Å². The zero-order valence-electron chi connectivity index (χ0n) is 8.64. The maximum atomic E-state index is 10.9. The third kappa shape index (κ3) is 3.20. The van der Waals surface area contributed by atoms with Crippen LogP contribution in [-0.4, -0.2) is 16.7 Å². The summed E-state index contributed by atoms with van der Waals surface area (Å²) in [6.45, 7) is 1.37. The summed E-state index contributed by atoms with van der Waals surface area (Å²) in [6, 6.07) is 5.65. The molecule has 0 heterocycles. The summed E-state index contributed by atoms with van der Waals surface area (Å²) in [5.41, 5.74) is 0.609. The van der Waals surface area contributed by atoms with Gasteiger partial charge in [0.05, 0.1) is 11.0 Å². The molecule has 0 fully saturated rings. The molecular formula is C10H11ClN2O3. The summed E-state index contributed by atoms with van der Waals surface area (Å²) in [7, 11) is 0. The normalized spacial score (nSPS) is 11.9. The van der Waals surface area contributed by atoms with Gasteiger partial charge in [0.2, 0.25) is 5.91 Å². The van der Waals surface area contributed by atoms with Crippen molar-refractivity contribution in [2.24, 2.45) is 0 Å². The van der Waals surface area contributed by atoms with Crippen molar-refractivity contribution in [1.82, 2.24) is 5.32 Å². The third-order valence-electron chi connectivity index (χ3n) is 2.02. The summed E-state index contributed by atoms with van der Waals surface area (Å²) in [5, 5.41) is 13.2. The van der Waals surface area contributed by atoms with Gasteiger partial charge in [-0.25, -0.2) is 0 Å². The van der Waals surface area contributed by atoms with E-state index in [4.69, 9.17) is 11.6 Å². The number of amides is 1. The highest BCUT2D eigenvalue weighted by Gasteiger charge is 2.14. The number of rotatable bonds is 4. The molecule has 1 aromatic rings. The Kier molecular flexibility index (Phi) is 4.25. The Morgan fingerprint density at radius 1 is 1.62 bits per heavy atom. The monoisotopic (exact) mass is 242 g/mol. The van der Waals surface area contributed by atoms with E-state index in [1.807, 2.05) is 0 Å². The zero-order valence-corrected chi connectivity index (χ0v) is 9.40. The lowest BCUT2D eigenvalue weighted by Crippen LogP contribution is -2.27. The predicted molar refractivity (Wildman–Crippen MR) is 60.4 cm³/mol. The van der Waals surface area contributed by atoms with Crippen LogP contribution in [0.25, 0.3) is 0 Å². The van der Waals surface area contributed by atoms with Crippen molar-refractivity contribution in [2.75, 3.05) is 5.88 Å². The molecule has 1 N–H and O–H groups in total. The van der Waals surface area contributed by atoms with E-state index in [0.717, 1.165) is 0 Å². The first-order chi connectivity index (χ1) is 7.54. The molecule has 1 aromatic carbocycles. The van der Waals surface area contributed by atoms with Crippen LogP contribution in [0.5, 0.6) is 0 Å². The Balaban J connectivity index is 2.96. The lowest BCUT2D eigenvalue weighted by Gasteiger charge is -2.14. The van der Waals surface area contributed by atoms with Crippen molar-refractivity contribution in [3.63, 3.8) is 0 Å². The van der Waals surface area contributed by atoms with E-state index in [2.05, 4.69) is 5.32 Å². The summed E-state index contributed by atoms with van der Waals surface area (Å²) in [5.74, 6) is -0.0574. The number of nitro benzene ring substituents is 1. The molecule has 0 aliphatic carbocycles. The van der Waals surface area contributed by atoms with Crippen LogP contribution in [0.1, 0.15) is 18.5 Å². The fraction of sp³-hybridized carbons (Fsp3) is 0.300. The quantitative estimate of drug-likeness (QED) is 0.499. The van der Waals surface area contributed by atoms with Crippen LogP contribution in [0.15, 0.2) is 24.3 Å². The number of hydrogen-bond donors (Lipinski definition) is 1. The van der Waals surface area contributed by atoms with E-state index in [1.165, 1.54) is 19.1 Å². The number of nitrogens with zero attached hydrogens (tertiary/aromatic N) is 1. The average molecular weight is 243 g/mol. The van der Waals surface area contributed by atoms with Crippen molar-refractivity contribution in [1.29, 1.82) is 0 Å². The molecule has 0 radical (unpaired) electrons. The van der Waals surface area contributed by atoms with Gasteiger partial charge in [-0.3, -0.25) is 14.9 Å². The molecule has 1 amide bonds. The van der Waals surface area contributed by atoms with Crippen LogP contribution in [0.3, 0.4) is 0 Å². The molecule has 1 atom stereocenters. The highest BCUT2D eigenvalue weighted by Crippen LogP contribution is 2.20. The van der Waals surface area contributed by atoms with Crippen LogP contribution in [0.4, 0.5) is 5.69 Å². The van der Waals surface area contributed by atoms with E-state index >= 15 is 0 Å². The van der Waals surface area contributed by atoms with E-state index < -0.39 is 11.0 Å². The first kappa shape index (κ1) is 12.4. The fourth-order valence-corrected chi connectivity index (χ4v) is 1.57. The Bertz CT molecular complexity index is 409. The van der Waals surface area contributed by atoms with Crippen LogP contribution in [0.2, 0.25) is 0 Å². The summed E-state index contributed by atoms with van der Waals surface area (Å²) < 4.78 is 0. The lowest BCUT2D eigenvalue weighted by atomic mass is 10.1. The van der Waals surface area contributed by atoms with Gasteiger partial charge >= 0.3 is 0 Å². The number of hydrogen-bond acceptors (Lipinski definition) is 3. The Morgan fingerprint density at radius 2 is 2.31 bits per heavy atom. The van der Waals surface area contributed by atoms with Gasteiger partial charge in [0.25, 0.3) is 5.69 Å². The SMILES string of the molecule is CC(=O)N[C@H](CCl)c1cccc([N+](=O)[O-])c1. The largest absolute Gasteiger partial charge is 0.348 e. The van der Waals surface area contributed by atoms with Crippen molar-refractivity contribution in [3.8, 4) is 0 Å². The van der Waals surface area contributed by atoms with Gasteiger partial charge in [0.15, 0.2) is 0 Å². The summed E-state index contributed by atoms with van der Waals surface area (Å²) in [4.78, 5) is 21.0. The van der Waals surface area contributed by atoms with E-state index in [0.29, 0.717) is 5.56 Å². The van der Waals surface area contributed by atoms with Crippen molar-refractivity contribution < 1.29 is 9.72 Å². The molecule has 0 saturated heterocycles. The second-order valence-corrected chi connectivity index (χ2v) is 3.57. The second-order valence-electron chi connectivity index (χ2n) is 3.26. The summed E-state index contributed by atoms with van der Waals surface area (Å²) >= 11 is 5.69. The Morgan fingerprint density at radius 3 is 2.81 bits per heavy atom. The molecule has 1 rings (SSSR count). The smallest absolute Gasteiger partial charge is 0.269 e. The molecular weight excluding hydrogens is 232 g/mol. The maximum Gasteiger partial charge on any atom is 0.269 e. The first-order valence-electron chi connectivity index (χ1n) is 4.62. The molecule has 0 unspecified atom stereocenters. The molecule has 6 heteroatoms. The highest BCUT2D eigenvalue weighted by molar-refractivity contribution is 6.18. The number of non-ortho nitro benzene ring substituents is 1. The van der Waals surface area contributed by atoms with Gasteiger partial charge in [0, 0.05) is 24.9 Å². The van der Waals surface area contributed by atoms with Gasteiger partial charge in [-0.2, -0.15) is 0 Å². The highest BCUT2D eigenvalue weighted by atomic mass is 35.5. The van der Waals surface area contributed by atoms with Crippen LogP contribution in [-0.2, 0) is 4.79 Å². The minimum absolute atomic E-state index is 0.0158. The lowest BCUT2D eigenvalue weighted by molar-refractivity contribution is -0.384. The number of alkyl halides is 1. The van der Waals surface area contributed by atoms with Crippen molar-refractivity contribution >= 4 is 23.2 Å². The third-order valence-corrected chi connectivity index (χ3v) is 2.32. The molecule has 16 heavy (non-hydrogen) atoms. The Hall–Kier alpha value is -1.62. The summed E-state index contributed by atoms with van der Waals surface area (Å²) in [6.07, 6.45) is 0. The minimum atomic E-state index is -0.484. The molecule has 0 aliphatic rings. The van der Waals surface area contributed by atoms with Crippen molar-refractivity contribution in [3.05, 3.63) is 39.9 Å². The molecule has 0 saturated carbocycles. The first-order valence-corrected chi connectivity index (χ1v) is 5.15. The van der Waals surface area contributed by atoms with Crippen LogP contribution in [0, 0.1) is 10.1 Å². The molecule has 0 spiro atoms. The molecule has 0 aliphatic heterocycles. The van der Waals surface area contributed by atoms with Crippen molar-refractivity contribution in [2.45, 2.75) is 13.0 Å². The number of carbonyl (C=O) groups excluding carboxylic acids is 1. The van der Waals surface area contributed by atoms with E-state index in [9.17, 15) is 14.9 Å². The topological polar surface area (TPSA) is 72.2 Å². The molecule has 86 valence electrons. The predicted octanol–water partition coefficient (Wildman–Crippen LogP) is 2.01. The number of carbonyl (C=O) groups is 1. The van der Waals surface area contributed by atoms with E-state index in [-0.39, 0.29) is 17.5 Å². The number of halogens is 1. The maximum absolute atomic E-state index is 10.9. The standard InChI is InChI=1S/C10H11ClN2O3/c1-7(14)12-10(6-11)8-3-2-4-9(5-8)13(15)16/h2-5,10H,6H2,1H3,(H,12,14)/t10-/m1/s1. The average Bonchev–Trinajstić information content (AvgIpc) is 2.25. The number of nitrogens with one attached hydrogen (secondary N) is 1. The number of nitro groups is 1. The fourth-order valence-electron chi connectivity index (χ4n) is 1.31. The van der Waals surface area contributed by atoms with Crippen LogP contribution >= 0.6 is 11.6 Å². The van der Waals surface area contributed by atoms with Crippen LogP contribution < -0.4 is 5.32 Å². The molecule has 0 aromatic heterocycles.